The van der Waals surface area contributed by atoms with E-state index >= 15 is 0 Å². The Kier molecular flexibility index (Phi) is 9.12. The summed E-state index contributed by atoms with van der Waals surface area (Å²) in [5, 5.41) is 7.69. The highest BCUT2D eigenvalue weighted by atomic mass is 32.1. The topological polar surface area (TPSA) is 42.7 Å². The van der Waals surface area contributed by atoms with Crippen LogP contribution in [0.1, 0.15) is 17.7 Å². The molecule has 8 aromatic carbocycles. The zero-order valence-electron chi connectivity index (χ0n) is 34.4. The maximum absolute atomic E-state index is 5.17. The Labute approximate surface area is 370 Å². The molecule has 4 nitrogen and oxygen atoms in total. The van der Waals surface area contributed by atoms with Crippen molar-refractivity contribution >= 4 is 59.9 Å². The molecule has 298 valence electrons. The smallest absolute Gasteiger partial charge is 0.160 e. The third-order valence-electron chi connectivity index (χ3n) is 12.3. The number of nitrogens with zero attached hydrogens (tertiary/aromatic N) is 3. The van der Waals surface area contributed by atoms with Crippen molar-refractivity contribution in [2.75, 3.05) is 5.32 Å². The Morgan fingerprint density at radius 1 is 0.508 bits per heavy atom. The van der Waals surface area contributed by atoms with Crippen LogP contribution in [0, 0.1) is 0 Å². The summed E-state index contributed by atoms with van der Waals surface area (Å²) in [7, 11) is 0. The van der Waals surface area contributed by atoms with E-state index in [-0.39, 0.29) is 0 Å². The van der Waals surface area contributed by atoms with Crippen LogP contribution < -0.4 is 5.32 Å². The van der Waals surface area contributed by atoms with E-state index < -0.39 is 0 Å². The lowest BCUT2D eigenvalue weighted by molar-refractivity contribution is 0.968. The van der Waals surface area contributed by atoms with Crippen molar-refractivity contribution in [1.82, 2.24) is 14.5 Å². The molecule has 63 heavy (non-hydrogen) atoms. The molecule has 0 unspecified atom stereocenters. The lowest BCUT2D eigenvalue weighted by Crippen LogP contribution is -2.01. The van der Waals surface area contributed by atoms with Crippen molar-refractivity contribution in [2.24, 2.45) is 0 Å². The van der Waals surface area contributed by atoms with Crippen LogP contribution >= 0.6 is 11.3 Å². The van der Waals surface area contributed by atoms with Gasteiger partial charge in [0.1, 0.15) is 0 Å². The Bertz CT molecular complexity index is 3470. The van der Waals surface area contributed by atoms with Gasteiger partial charge in [-0.05, 0) is 95.8 Å². The standard InChI is InChI=1S/C58H40N4S/c1-4-16-38(17-5-1)46-26-10-12-28-50(46)59-44-24-14-22-41(34-44)42-30-33-55-49(36-42)47-31-32-54-56(57(47)63-55)48-27-11-13-29-53(48)62(54)45-25-15-23-43(35-45)52-37-51(39-18-6-2-7-19-39)60-58(61-52)40-20-8-3-9-21-40/h1-10,12-26,28-37,59H,11,27H2. The minimum absolute atomic E-state index is 0.716. The van der Waals surface area contributed by atoms with Crippen molar-refractivity contribution in [1.29, 1.82) is 0 Å². The van der Waals surface area contributed by atoms with Gasteiger partial charge in [0.2, 0.25) is 0 Å². The van der Waals surface area contributed by atoms with Gasteiger partial charge in [0.25, 0.3) is 0 Å². The van der Waals surface area contributed by atoms with Crippen LogP contribution in [-0.2, 0) is 6.42 Å². The van der Waals surface area contributed by atoms with Crippen molar-refractivity contribution < 1.29 is 0 Å². The van der Waals surface area contributed by atoms with Gasteiger partial charge in [0.05, 0.1) is 16.9 Å². The predicted octanol–water partition coefficient (Wildman–Crippen LogP) is 15.8. The summed E-state index contributed by atoms with van der Waals surface area (Å²) in [6.45, 7) is 0. The molecule has 1 N–H and O–H groups in total. The van der Waals surface area contributed by atoms with Gasteiger partial charge in [-0.1, -0.05) is 152 Å². The fourth-order valence-electron chi connectivity index (χ4n) is 9.28. The van der Waals surface area contributed by atoms with E-state index in [1.165, 1.54) is 64.6 Å². The molecule has 1 aliphatic rings. The van der Waals surface area contributed by atoms with Crippen molar-refractivity contribution in [3.63, 3.8) is 0 Å². The van der Waals surface area contributed by atoms with E-state index in [2.05, 4.69) is 198 Å². The Balaban J connectivity index is 0.942. The SMILES string of the molecule is C1=Cc2c(c3c4sc5ccc(-c6cccc(Nc7ccccc7-c7ccccc7)c6)cc5c4ccc3n2-c2cccc(-c3cc(-c4ccccc4)nc(-c4ccccc4)n3)c2)CC1. The quantitative estimate of drug-likeness (QED) is 0.166. The Hall–Kier alpha value is -7.86. The number of aryl methyl sites for hydroxylation is 1. The first-order valence-electron chi connectivity index (χ1n) is 21.5. The molecule has 0 atom stereocenters. The summed E-state index contributed by atoms with van der Waals surface area (Å²) in [4.78, 5) is 10.2. The number of hydrogen-bond donors (Lipinski definition) is 1. The van der Waals surface area contributed by atoms with E-state index in [1.54, 1.807) is 0 Å². The number of nitrogens with one attached hydrogen (secondary N) is 1. The minimum Gasteiger partial charge on any atom is -0.355 e. The number of hydrogen-bond acceptors (Lipinski definition) is 4. The van der Waals surface area contributed by atoms with E-state index in [0.717, 1.165) is 58.0 Å². The third-order valence-corrected chi connectivity index (χ3v) is 13.5. The molecule has 3 heterocycles. The van der Waals surface area contributed by atoms with Crippen molar-refractivity contribution in [3.05, 3.63) is 218 Å². The Morgan fingerprint density at radius 3 is 2.02 bits per heavy atom. The number of allylic oxidation sites excluding steroid dienone is 1. The van der Waals surface area contributed by atoms with Gasteiger partial charge in [-0.15, -0.1) is 11.3 Å². The molecule has 0 saturated heterocycles. The number of rotatable bonds is 8. The molecule has 0 bridgehead atoms. The first-order valence-corrected chi connectivity index (χ1v) is 22.4. The summed E-state index contributed by atoms with van der Waals surface area (Å²) in [5.41, 5.74) is 16.9. The largest absolute Gasteiger partial charge is 0.355 e. The molecule has 0 saturated carbocycles. The molecule has 0 fully saturated rings. The number of anilines is 2. The zero-order chi connectivity index (χ0) is 41.7. The average Bonchev–Trinajstić information content (AvgIpc) is 3.90. The summed E-state index contributed by atoms with van der Waals surface area (Å²) >= 11 is 1.91. The van der Waals surface area contributed by atoms with Crippen LogP contribution in [0.15, 0.2) is 206 Å². The van der Waals surface area contributed by atoms with Gasteiger partial charge in [-0.2, -0.15) is 0 Å². The van der Waals surface area contributed by atoms with Crippen LogP contribution in [0.2, 0.25) is 0 Å². The van der Waals surface area contributed by atoms with E-state index in [4.69, 9.17) is 9.97 Å². The molecular formula is C58H40N4S. The first kappa shape index (κ1) is 36.9. The van der Waals surface area contributed by atoms with Crippen molar-refractivity contribution in [3.8, 4) is 61.8 Å². The zero-order valence-corrected chi connectivity index (χ0v) is 35.2. The van der Waals surface area contributed by atoms with E-state index in [9.17, 15) is 0 Å². The van der Waals surface area contributed by atoms with Gasteiger partial charge in [-0.25, -0.2) is 9.97 Å². The molecular weight excluding hydrogens is 785 g/mol. The van der Waals surface area contributed by atoms with Gasteiger partial charge in [0, 0.05) is 70.6 Å². The van der Waals surface area contributed by atoms with Gasteiger partial charge in [0.15, 0.2) is 5.82 Å². The third kappa shape index (κ3) is 6.71. The number of benzene rings is 8. The molecule has 1 aliphatic carbocycles. The second kappa shape index (κ2) is 15.6. The summed E-state index contributed by atoms with van der Waals surface area (Å²) < 4.78 is 5.12. The van der Waals surface area contributed by atoms with E-state index in [0.29, 0.717) is 5.82 Å². The maximum Gasteiger partial charge on any atom is 0.160 e. The molecule has 11 aromatic rings. The van der Waals surface area contributed by atoms with Crippen LogP contribution in [0.4, 0.5) is 11.4 Å². The summed E-state index contributed by atoms with van der Waals surface area (Å²) in [5.74, 6) is 0.716. The Morgan fingerprint density at radius 2 is 1.19 bits per heavy atom. The highest BCUT2D eigenvalue weighted by Crippen LogP contribution is 2.45. The number of aromatic nitrogens is 3. The van der Waals surface area contributed by atoms with Gasteiger partial charge < -0.3 is 9.88 Å². The molecule has 12 rings (SSSR count). The fraction of sp³-hybridized carbons (Fsp3) is 0.0345. The van der Waals surface area contributed by atoms with Crippen LogP contribution in [0.3, 0.4) is 0 Å². The molecule has 0 aliphatic heterocycles. The summed E-state index contributed by atoms with van der Waals surface area (Å²) in [6, 6.07) is 71.1. The molecule has 5 heteroatoms. The normalized spacial score (nSPS) is 12.3. The number of thiophene rings is 1. The second-order valence-corrected chi connectivity index (χ2v) is 17.2. The highest BCUT2D eigenvalue weighted by molar-refractivity contribution is 7.26. The lowest BCUT2D eigenvalue weighted by Gasteiger charge is -2.14. The highest BCUT2D eigenvalue weighted by Gasteiger charge is 2.23. The molecule has 0 amide bonds. The lowest BCUT2D eigenvalue weighted by atomic mass is 9.98. The molecule has 0 spiro atoms. The molecule has 0 radical (unpaired) electrons. The predicted molar refractivity (Wildman–Crippen MR) is 266 cm³/mol. The van der Waals surface area contributed by atoms with Crippen molar-refractivity contribution in [2.45, 2.75) is 12.8 Å². The molecule has 3 aromatic heterocycles. The number of fused-ring (bicyclic) bond motifs is 7. The van der Waals surface area contributed by atoms with Gasteiger partial charge >= 0.3 is 0 Å². The second-order valence-electron chi connectivity index (χ2n) is 16.2. The van der Waals surface area contributed by atoms with Crippen LogP contribution in [-0.4, -0.2) is 14.5 Å². The van der Waals surface area contributed by atoms with Gasteiger partial charge in [-0.3, -0.25) is 0 Å². The first-order chi connectivity index (χ1) is 31.2. The maximum atomic E-state index is 5.17. The average molecular weight is 825 g/mol. The summed E-state index contributed by atoms with van der Waals surface area (Å²) in [6.07, 6.45) is 6.69. The van der Waals surface area contributed by atoms with Crippen LogP contribution in [0.25, 0.3) is 99.0 Å². The monoisotopic (exact) mass is 824 g/mol. The fourth-order valence-corrected chi connectivity index (χ4v) is 10.5. The van der Waals surface area contributed by atoms with E-state index in [1.807, 2.05) is 35.6 Å². The number of para-hydroxylation sites is 1. The van der Waals surface area contributed by atoms with Crippen LogP contribution in [0.5, 0.6) is 0 Å². The minimum atomic E-state index is 0.716.